The minimum Gasteiger partial charge on any atom is -0.277 e. The van der Waals surface area contributed by atoms with Crippen LogP contribution in [-0.4, -0.2) is 8.42 Å². The Morgan fingerprint density at radius 3 is 2.45 bits per heavy atom. The van der Waals surface area contributed by atoms with Crippen molar-refractivity contribution in [2.24, 2.45) is 0 Å². The lowest BCUT2D eigenvalue weighted by atomic mass is 10.2. The molecule has 22 heavy (non-hydrogen) atoms. The van der Waals surface area contributed by atoms with Gasteiger partial charge in [0.2, 0.25) is 0 Å². The number of hydrogen-bond acceptors (Lipinski definition) is 2. The molecule has 0 spiro atoms. The van der Waals surface area contributed by atoms with E-state index in [9.17, 15) is 17.2 Å². The van der Waals surface area contributed by atoms with E-state index < -0.39 is 32.9 Å². The molecule has 0 heterocycles. The highest BCUT2D eigenvalue weighted by molar-refractivity contribution is 7.92. The van der Waals surface area contributed by atoms with E-state index in [1.807, 2.05) is 10.6 Å². The molecule has 0 atom stereocenters. The largest absolute Gasteiger partial charge is 0.277 e. The maximum absolute atomic E-state index is 14.0. The molecule has 2 rings (SSSR count). The van der Waals surface area contributed by atoms with E-state index in [1.165, 1.54) is 12.1 Å². The lowest BCUT2D eigenvalue weighted by molar-refractivity contribution is 0.578. The van der Waals surface area contributed by atoms with E-state index in [0.717, 1.165) is 18.2 Å². The molecule has 2 aromatic rings. The SMILES string of the molecule is C#Cc1c(F)ccc(NS(=O)(=O)c2cc(Cl)ccc2Cl)c1F. The number of terminal acetylenes is 1. The molecule has 114 valence electrons. The van der Waals surface area contributed by atoms with Gasteiger partial charge in [0.05, 0.1) is 16.3 Å². The molecule has 0 aliphatic carbocycles. The van der Waals surface area contributed by atoms with Crippen LogP contribution in [0.4, 0.5) is 14.5 Å². The van der Waals surface area contributed by atoms with Crippen molar-refractivity contribution in [2.45, 2.75) is 4.90 Å². The molecule has 0 fully saturated rings. The third-order valence-electron chi connectivity index (χ3n) is 2.66. The van der Waals surface area contributed by atoms with Gasteiger partial charge in [-0.05, 0) is 30.3 Å². The highest BCUT2D eigenvalue weighted by Gasteiger charge is 2.22. The van der Waals surface area contributed by atoms with Crippen LogP contribution in [0.1, 0.15) is 5.56 Å². The monoisotopic (exact) mass is 361 g/mol. The Balaban J connectivity index is 2.51. The second-order valence-corrected chi connectivity index (χ2v) is 6.60. The van der Waals surface area contributed by atoms with Crippen LogP contribution in [0.3, 0.4) is 0 Å². The van der Waals surface area contributed by atoms with Crippen molar-refractivity contribution in [1.29, 1.82) is 0 Å². The molecule has 0 radical (unpaired) electrons. The van der Waals surface area contributed by atoms with E-state index in [1.54, 1.807) is 0 Å². The van der Waals surface area contributed by atoms with Crippen LogP contribution in [0.2, 0.25) is 10.0 Å². The Morgan fingerprint density at radius 1 is 1.14 bits per heavy atom. The molecule has 2 aromatic carbocycles. The molecule has 0 aliphatic rings. The fourth-order valence-electron chi connectivity index (χ4n) is 1.65. The number of hydrogen-bond donors (Lipinski definition) is 1. The normalized spacial score (nSPS) is 11.0. The molecular formula is C14H7Cl2F2NO2S. The zero-order chi connectivity index (χ0) is 16.5. The highest BCUT2D eigenvalue weighted by atomic mass is 35.5. The number of sulfonamides is 1. The van der Waals surface area contributed by atoms with Gasteiger partial charge < -0.3 is 0 Å². The topological polar surface area (TPSA) is 46.2 Å². The summed E-state index contributed by atoms with van der Waals surface area (Å²) in [5, 5.41) is 0.0326. The molecule has 0 saturated heterocycles. The summed E-state index contributed by atoms with van der Waals surface area (Å²) in [5.74, 6) is -0.341. The molecular weight excluding hydrogens is 355 g/mol. The third-order valence-corrected chi connectivity index (χ3v) is 4.74. The number of anilines is 1. The summed E-state index contributed by atoms with van der Waals surface area (Å²) in [6.45, 7) is 0. The van der Waals surface area contributed by atoms with Crippen molar-refractivity contribution in [2.75, 3.05) is 4.72 Å². The van der Waals surface area contributed by atoms with Crippen LogP contribution in [-0.2, 0) is 10.0 Å². The predicted octanol–water partition coefficient (Wildman–Crippen LogP) is 4.05. The summed E-state index contributed by atoms with van der Waals surface area (Å²) in [6, 6.07) is 5.57. The first-order chi connectivity index (χ1) is 10.3. The van der Waals surface area contributed by atoms with Gasteiger partial charge >= 0.3 is 0 Å². The summed E-state index contributed by atoms with van der Waals surface area (Å²) in [6.07, 6.45) is 4.99. The van der Waals surface area contributed by atoms with E-state index >= 15 is 0 Å². The van der Waals surface area contributed by atoms with Crippen LogP contribution in [0.5, 0.6) is 0 Å². The minimum absolute atomic E-state index is 0.100. The Hall–Kier alpha value is -1.81. The van der Waals surface area contributed by atoms with Crippen LogP contribution in [0, 0.1) is 24.0 Å². The number of halogens is 4. The van der Waals surface area contributed by atoms with Crippen LogP contribution in [0.15, 0.2) is 35.2 Å². The van der Waals surface area contributed by atoms with Gasteiger partial charge in [-0.1, -0.05) is 29.1 Å². The molecule has 8 heteroatoms. The maximum Gasteiger partial charge on any atom is 0.263 e. The van der Waals surface area contributed by atoms with Crippen molar-refractivity contribution in [3.05, 3.63) is 57.6 Å². The molecule has 0 aromatic heterocycles. The van der Waals surface area contributed by atoms with Gasteiger partial charge in [0.25, 0.3) is 10.0 Å². The minimum atomic E-state index is -4.22. The second-order valence-electron chi connectivity index (χ2n) is 4.11. The van der Waals surface area contributed by atoms with Crippen molar-refractivity contribution in [3.63, 3.8) is 0 Å². The summed E-state index contributed by atoms with van der Waals surface area (Å²) in [5.41, 5.74) is -1.16. The van der Waals surface area contributed by atoms with Gasteiger partial charge in [-0.2, -0.15) is 0 Å². The van der Waals surface area contributed by atoms with Gasteiger partial charge in [0.1, 0.15) is 10.7 Å². The zero-order valence-electron chi connectivity index (χ0n) is 10.7. The molecule has 0 aliphatic heterocycles. The van der Waals surface area contributed by atoms with E-state index in [-0.39, 0.29) is 14.9 Å². The average Bonchev–Trinajstić information content (AvgIpc) is 2.45. The molecule has 0 unspecified atom stereocenters. The first kappa shape index (κ1) is 16.6. The van der Waals surface area contributed by atoms with Gasteiger partial charge in [0.15, 0.2) is 5.82 Å². The van der Waals surface area contributed by atoms with Gasteiger partial charge in [0, 0.05) is 5.02 Å². The Morgan fingerprint density at radius 2 is 1.82 bits per heavy atom. The summed E-state index contributed by atoms with van der Waals surface area (Å²) in [7, 11) is -4.22. The molecule has 0 amide bonds. The van der Waals surface area contributed by atoms with Crippen molar-refractivity contribution < 1.29 is 17.2 Å². The van der Waals surface area contributed by atoms with Crippen molar-refractivity contribution in [1.82, 2.24) is 0 Å². The molecule has 0 saturated carbocycles. The second kappa shape index (κ2) is 6.13. The van der Waals surface area contributed by atoms with E-state index in [0.29, 0.717) is 0 Å². The van der Waals surface area contributed by atoms with E-state index in [4.69, 9.17) is 29.6 Å². The summed E-state index contributed by atoms with van der Waals surface area (Å²) < 4.78 is 53.8. The fourth-order valence-corrected chi connectivity index (χ4v) is 3.47. The predicted molar refractivity (Wildman–Crippen MR) is 81.6 cm³/mol. The number of benzene rings is 2. The molecule has 1 N–H and O–H groups in total. The zero-order valence-corrected chi connectivity index (χ0v) is 13.0. The summed E-state index contributed by atoms with van der Waals surface area (Å²) >= 11 is 11.5. The lowest BCUT2D eigenvalue weighted by Crippen LogP contribution is -2.15. The molecule has 0 bridgehead atoms. The highest BCUT2D eigenvalue weighted by Crippen LogP contribution is 2.28. The Bertz CT molecular complexity index is 892. The molecule has 3 nitrogen and oxygen atoms in total. The van der Waals surface area contributed by atoms with Gasteiger partial charge in [-0.15, -0.1) is 6.42 Å². The quantitative estimate of drug-likeness (QED) is 0.838. The lowest BCUT2D eigenvalue weighted by Gasteiger charge is -2.11. The van der Waals surface area contributed by atoms with Crippen LogP contribution >= 0.6 is 23.2 Å². The smallest absolute Gasteiger partial charge is 0.263 e. The first-order valence-corrected chi connectivity index (χ1v) is 7.92. The van der Waals surface area contributed by atoms with E-state index in [2.05, 4.69) is 0 Å². The summed E-state index contributed by atoms with van der Waals surface area (Å²) in [4.78, 5) is -0.340. The van der Waals surface area contributed by atoms with Crippen LogP contribution < -0.4 is 4.72 Å². The standard InChI is InChI=1S/C14H7Cl2F2NO2S/c1-2-9-11(17)5-6-12(14(9)18)19-22(20,21)13-7-8(15)3-4-10(13)16/h1,3-7,19H. The number of rotatable bonds is 3. The van der Waals surface area contributed by atoms with Crippen molar-refractivity contribution in [3.8, 4) is 12.3 Å². The van der Waals surface area contributed by atoms with Gasteiger partial charge in [-0.25, -0.2) is 17.2 Å². The van der Waals surface area contributed by atoms with Crippen LogP contribution in [0.25, 0.3) is 0 Å². The maximum atomic E-state index is 14.0. The first-order valence-electron chi connectivity index (χ1n) is 5.68. The average molecular weight is 362 g/mol. The van der Waals surface area contributed by atoms with Gasteiger partial charge in [-0.3, -0.25) is 4.72 Å². The third kappa shape index (κ3) is 3.17. The van der Waals surface area contributed by atoms with Crippen molar-refractivity contribution >= 4 is 38.9 Å². The number of nitrogens with one attached hydrogen (secondary N) is 1. The fraction of sp³-hybridized carbons (Fsp3) is 0. The Labute approximate surface area is 135 Å². The Kier molecular flexibility index (Phi) is 4.61.